The van der Waals surface area contributed by atoms with E-state index in [0.29, 0.717) is 11.6 Å². The van der Waals surface area contributed by atoms with Crippen molar-refractivity contribution < 1.29 is 4.79 Å². The maximum atomic E-state index is 12.4. The quantitative estimate of drug-likeness (QED) is 0.471. The van der Waals surface area contributed by atoms with Gasteiger partial charge >= 0.3 is 0 Å². The molecule has 0 fully saturated rings. The molecule has 2 heterocycles. The molecule has 0 spiro atoms. The van der Waals surface area contributed by atoms with Gasteiger partial charge in [-0.3, -0.25) is 9.69 Å². The summed E-state index contributed by atoms with van der Waals surface area (Å²) in [6, 6.07) is 16.0. The summed E-state index contributed by atoms with van der Waals surface area (Å²) < 4.78 is 1.19. The molecule has 0 saturated carbocycles. The van der Waals surface area contributed by atoms with Crippen LogP contribution in [-0.2, 0) is 19.5 Å². The number of nitrogens with one attached hydrogen (secondary N) is 1. The molecule has 0 unspecified atom stereocenters. The van der Waals surface area contributed by atoms with Gasteiger partial charge in [0.1, 0.15) is 10.0 Å². The molecule has 2 aromatic carbocycles. The van der Waals surface area contributed by atoms with Gasteiger partial charge in [0.05, 0.1) is 23.3 Å². The van der Waals surface area contributed by atoms with E-state index in [0.717, 1.165) is 34.2 Å². The number of rotatable bonds is 7. The van der Waals surface area contributed by atoms with Crippen molar-refractivity contribution in [3.8, 4) is 0 Å². The normalized spacial score (nSPS) is 11.3. The first-order chi connectivity index (χ1) is 14.1. The summed E-state index contributed by atoms with van der Waals surface area (Å²) >= 11 is 3.02. The van der Waals surface area contributed by atoms with Crippen LogP contribution in [0.5, 0.6) is 0 Å². The number of carbonyl (C=O) groups excluding carboxylic acids is 1. The molecule has 0 atom stereocenters. The predicted octanol–water partition coefficient (Wildman–Crippen LogP) is 4.59. The molecule has 1 N–H and O–H groups in total. The van der Waals surface area contributed by atoms with Crippen LogP contribution in [0.3, 0.4) is 0 Å². The first-order valence-electron chi connectivity index (χ1n) is 9.36. The second-order valence-corrected chi connectivity index (χ2v) is 8.93. The highest BCUT2D eigenvalue weighted by Gasteiger charge is 2.15. The molecule has 6 nitrogen and oxygen atoms in total. The van der Waals surface area contributed by atoms with Crippen molar-refractivity contribution >= 4 is 44.5 Å². The minimum Gasteiger partial charge on any atom is -0.320 e. The average molecular weight is 424 g/mol. The number of fused-ring (bicyclic) bond motifs is 1. The summed E-state index contributed by atoms with van der Waals surface area (Å²) in [6.07, 6.45) is 0.971. The average Bonchev–Trinajstić information content (AvgIpc) is 3.34. The highest BCUT2D eigenvalue weighted by Crippen LogP contribution is 2.23. The van der Waals surface area contributed by atoms with Gasteiger partial charge in [-0.1, -0.05) is 42.5 Å². The smallest absolute Gasteiger partial charge is 0.286 e. The highest BCUT2D eigenvalue weighted by molar-refractivity contribution is 7.18. The lowest BCUT2D eigenvalue weighted by atomic mass is 10.1. The Morgan fingerprint density at radius 1 is 1.00 bits per heavy atom. The predicted molar refractivity (Wildman–Crippen MR) is 118 cm³/mol. The molecule has 4 aromatic rings. The molecule has 0 aliphatic rings. The number of para-hydroxylation sites is 1. The molecular formula is C21H21N5OS2. The molecule has 0 saturated heterocycles. The van der Waals surface area contributed by atoms with E-state index < -0.39 is 0 Å². The van der Waals surface area contributed by atoms with Crippen LogP contribution < -0.4 is 5.32 Å². The van der Waals surface area contributed by atoms with E-state index in [9.17, 15) is 4.79 Å². The van der Waals surface area contributed by atoms with Gasteiger partial charge in [0.25, 0.3) is 5.91 Å². The molecule has 0 aliphatic heterocycles. The zero-order valence-corrected chi connectivity index (χ0v) is 17.9. The molecule has 0 aliphatic carbocycles. The third-order valence-electron chi connectivity index (χ3n) is 4.43. The van der Waals surface area contributed by atoms with Crippen LogP contribution in [-0.4, -0.2) is 33.0 Å². The van der Waals surface area contributed by atoms with Crippen molar-refractivity contribution in [3.63, 3.8) is 0 Å². The van der Waals surface area contributed by atoms with Gasteiger partial charge in [-0.2, -0.15) is 0 Å². The van der Waals surface area contributed by atoms with Crippen LogP contribution >= 0.6 is 22.7 Å². The Kier molecular flexibility index (Phi) is 5.94. The summed E-state index contributed by atoms with van der Waals surface area (Å²) in [5.41, 5.74) is 3.03. The molecule has 0 radical (unpaired) electrons. The lowest BCUT2D eigenvalue weighted by molar-refractivity contribution is 0.102. The summed E-state index contributed by atoms with van der Waals surface area (Å²) in [5.74, 6) is -0.230. The molecule has 29 heavy (non-hydrogen) atoms. The topological polar surface area (TPSA) is 71.0 Å². The number of benzene rings is 2. The minimum atomic E-state index is -0.230. The lowest BCUT2D eigenvalue weighted by Gasteiger charge is -2.12. The van der Waals surface area contributed by atoms with Crippen LogP contribution in [0.25, 0.3) is 10.2 Å². The Morgan fingerprint density at radius 2 is 1.76 bits per heavy atom. The fourth-order valence-electron chi connectivity index (χ4n) is 2.92. The fraction of sp³-hybridized carbons (Fsp3) is 0.238. The monoisotopic (exact) mass is 423 g/mol. The number of hydrogen-bond donors (Lipinski definition) is 1. The number of anilines is 1. The van der Waals surface area contributed by atoms with Crippen molar-refractivity contribution in [2.45, 2.75) is 26.4 Å². The molecule has 148 valence electrons. The van der Waals surface area contributed by atoms with E-state index in [1.165, 1.54) is 21.6 Å². The first kappa shape index (κ1) is 19.6. The molecular weight excluding hydrogens is 402 g/mol. The third kappa shape index (κ3) is 4.84. The van der Waals surface area contributed by atoms with Gasteiger partial charge in [0.2, 0.25) is 5.01 Å². The summed E-state index contributed by atoms with van der Waals surface area (Å²) in [7, 11) is 2.02. The van der Waals surface area contributed by atoms with E-state index >= 15 is 0 Å². The second kappa shape index (κ2) is 8.77. The zero-order valence-electron chi connectivity index (χ0n) is 16.3. The van der Waals surface area contributed by atoms with E-state index in [1.54, 1.807) is 11.3 Å². The maximum Gasteiger partial charge on any atom is 0.286 e. The Hall–Kier alpha value is -2.68. The standard InChI is InChI=1S/C21H21N5OS2/c1-3-14-8-10-15(11-9-14)22-20(27)21-25-24-19(29-21)13-26(2)12-18-23-16-6-4-5-7-17(16)28-18/h4-11H,3,12-13H2,1-2H3,(H,22,27). The van der Waals surface area contributed by atoms with E-state index in [1.807, 2.05) is 49.5 Å². The SMILES string of the molecule is CCc1ccc(NC(=O)c2nnc(CN(C)Cc3nc4ccccc4s3)s2)cc1. The van der Waals surface area contributed by atoms with Crippen molar-refractivity contribution in [2.24, 2.45) is 0 Å². The highest BCUT2D eigenvalue weighted by atomic mass is 32.1. The number of aromatic nitrogens is 3. The number of thiazole rings is 1. The van der Waals surface area contributed by atoms with Crippen LogP contribution in [0.1, 0.15) is 32.3 Å². The number of hydrogen-bond acceptors (Lipinski definition) is 7. The van der Waals surface area contributed by atoms with Gasteiger partial charge in [0.15, 0.2) is 0 Å². The summed E-state index contributed by atoms with van der Waals surface area (Å²) in [4.78, 5) is 19.2. The number of nitrogens with zero attached hydrogens (tertiary/aromatic N) is 4. The Balaban J connectivity index is 1.35. The van der Waals surface area contributed by atoms with Crippen LogP contribution in [0.4, 0.5) is 5.69 Å². The van der Waals surface area contributed by atoms with Crippen molar-refractivity contribution in [2.75, 3.05) is 12.4 Å². The van der Waals surface area contributed by atoms with Crippen molar-refractivity contribution in [1.82, 2.24) is 20.1 Å². The van der Waals surface area contributed by atoms with Gasteiger partial charge in [-0.05, 0) is 43.3 Å². The summed E-state index contributed by atoms with van der Waals surface area (Å²) in [5, 5.41) is 13.4. The van der Waals surface area contributed by atoms with Crippen LogP contribution in [0.2, 0.25) is 0 Å². The largest absolute Gasteiger partial charge is 0.320 e. The Morgan fingerprint density at radius 3 is 2.52 bits per heavy atom. The molecule has 4 rings (SSSR count). The van der Waals surface area contributed by atoms with E-state index in [2.05, 4.69) is 38.4 Å². The van der Waals surface area contributed by atoms with E-state index in [-0.39, 0.29) is 5.91 Å². The summed E-state index contributed by atoms with van der Waals surface area (Å²) in [6.45, 7) is 3.44. The van der Waals surface area contributed by atoms with Crippen molar-refractivity contribution in [1.29, 1.82) is 0 Å². The molecule has 8 heteroatoms. The van der Waals surface area contributed by atoms with Crippen LogP contribution in [0.15, 0.2) is 48.5 Å². The van der Waals surface area contributed by atoms with Gasteiger partial charge in [-0.25, -0.2) is 4.98 Å². The minimum absolute atomic E-state index is 0.230. The van der Waals surface area contributed by atoms with Crippen molar-refractivity contribution in [3.05, 3.63) is 69.1 Å². The first-order valence-corrected chi connectivity index (χ1v) is 11.0. The number of aryl methyl sites for hydroxylation is 1. The Bertz CT molecular complexity index is 1090. The molecule has 1 amide bonds. The maximum absolute atomic E-state index is 12.4. The zero-order chi connectivity index (χ0) is 20.2. The third-order valence-corrected chi connectivity index (χ3v) is 6.36. The number of amides is 1. The Labute approximate surface area is 177 Å². The van der Waals surface area contributed by atoms with Crippen LogP contribution in [0, 0.1) is 0 Å². The fourth-order valence-corrected chi connectivity index (χ4v) is 4.79. The number of carbonyl (C=O) groups is 1. The molecule has 2 aromatic heterocycles. The lowest BCUT2D eigenvalue weighted by Crippen LogP contribution is -2.16. The van der Waals surface area contributed by atoms with Gasteiger partial charge < -0.3 is 5.32 Å². The van der Waals surface area contributed by atoms with Gasteiger partial charge in [0, 0.05) is 5.69 Å². The van der Waals surface area contributed by atoms with E-state index in [4.69, 9.17) is 0 Å². The molecule has 0 bridgehead atoms. The van der Waals surface area contributed by atoms with Gasteiger partial charge in [-0.15, -0.1) is 21.5 Å². The second-order valence-electron chi connectivity index (χ2n) is 6.75.